The molecule has 0 saturated heterocycles. The number of hydrogen-bond acceptors (Lipinski definition) is 3. The zero-order valence-electron chi connectivity index (χ0n) is 10.3. The third-order valence-corrected chi connectivity index (χ3v) is 2.79. The number of aliphatic hydroxyl groups excluding tert-OH is 1. The fourth-order valence-corrected chi connectivity index (χ4v) is 1.81. The summed E-state index contributed by atoms with van der Waals surface area (Å²) in [6, 6.07) is 12.1. The lowest BCUT2D eigenvalue weighted by atomic mass is 9.99. The molecule has 1 N–H and O–H groups in total. The molecule has 1 unspecified atom stereocenters. The monoisotopic (exact) mass is 260 g/mol. The Balaban J connectivity index is 2.37. The van der Waals surface area contributed by atoms with Gasteiger partial charge in [0.2, 0.25) is 0 Å². The van der Waals surface area contributed by atoms with Gasteiger partial charge in [-0.2, -0.15) is 0 Å². The predicted molar refractivity (Wildman–Crippen MR) is 68.7 cm³/mol. The molecular weight excluding hydrogens is 247 g/mol. The van der Waals surface area contributed by atoms with Gasteiger partial charge >= 0.3 is 0 Å². The van der Waals surface area contributed by atoms with Crippen LogP contribution >= 0.6 is 0 Å². The van der Waals surface area contributed by atoms with Gasteiger partial charge in [-0.1, -0.05) is 30.3 Å². The number of aliphatic hydroxyl groups is 1. The van der Waals surface area contributed by atoms with Gasteiger partial charge in [-0.25, -0.2) is 4.39 Å². The second-order valence-electron chi connectivity index (χ2n) is 4.02. The number of hydrogen-bond donors (Lipinski definition) is 1. The van der Waals surface area contributed by atoms with Crippen molar-refractivity contribution in [2.24, 2.45) is 0 Å². The summed E-state index contributed by atoms with van der Waals surface area (Å²) in [5, 5.41) is 10.0. The Morgan fingerprint density at radius 1 is 1.21 bits per heavy atom. The van der Waals surface area contributed by atoms with Crippen LogP contribution in [0.15, 0.2) is 48.5 Å². The highest BCUT2D eigenvalue weighted by atomic mass is 19.1. The average molecular weight is 260 g/mol. The Morgan fingerprint density at radius 2 is 1.89 bits per heavy atom. The maximum Gasteiger partial charge on any atom is 0.199 e. The van der Waals surface area contributed by atoms with E-state index in [4.69, 9.17) is 4.74 Å². The highest BCUT2D eigenvalue weighted by molar-refractivity contribution is 6.02. The molecule has 0 aliphatic heterocycles. The molecule has 4 heteroatoms. The van der Waals surface area contributed by atoms with Crippen LogP contribution in [-0.4, -0.2) is 18.0 Å². The Labute approximate surface area is 110 Å². The van der Waals surface area contributed by atoms with E-state index in [1.165, 1.54) is 19.2 Å². The summed E-state index contributed by atoms with van der Waals surface area (Å²) in [5.41, 5.74) is 0.484. The van der Waals surface area contributed by atoms with Crippen LogP contribution in [0.3, 0.4) is 0 Å². The lowest BCUT2D eigenvalue weighted by Gasteiger charge is -2.12. The third-order valence-electron chi connectivity index (χ3n) is 2.79. The average Bonchev–Trinajstić information content (AvgIpc) is 2.46. The summed E-state index contributed by atoms with van der Waals surface area (Å²) >= 11 is 0. The van der Waals surface area contributed by atoms with E-state index in [0.717, 1.165) is 6.07 Å². The van der Waals surface area contributed by atoms with E-state index < -0.39 is 17.7 Å². The summed E-state index contributed by atoms with van der Waals surface area (Å²) in [6.07, 6.45) is -1.34. The van der Waals surface area contributed by atoms with Gasteiger partial charge in [0.25, 0.3) is 0 Å². The maximum atomic E-state index is 13.2. The summed E-state index contributed by atoms with van der Waals surface area (Å²) in [5.74, 6) is -0.909. The minimum Gasteiger partial charge on any atom is -0.496 e. The first-order valence-electron chi connectivity index (χ1n) is 5.74. The predicted octanol–water partition coefficient (Wildman–Crippen LogP) is 2.75. The lowest BCUT2D eigenvalue weighted by molar-refractivity contribution is 0.0744. The first kappa shape index (κ1) is 13.2. The van der Waals surface area contributed by atoms with Crippen LogP contribution in [0.2, 0.25) is 0 Å². The smallest absolute Gasteiger partial charge is 0.199 e. The number of ether oxygens (including phenoxy) is 1. The highest BCUT2D eigenvalue weighted by Crippen LogP contribution is 2.25. The first-order valence-corrected chi connectivity index (χ1v) is 5.74. The van der Waals surface area contributed by atoms with E-state index in [0.29, 0.717) is 5.56 Å². The number of carbonyl (C=O) groups excluding carboxylic acids is 1. The van der Waals surface area contributed by atoms with E-state index >= 15 is 0 Å². The number of Topliss-reactive ketones (excluding diaryl/α,β-unsaturated/α-hetero) is 1. The summed E-state index contributed by atoms with van der Waals surface area (Å²) < 4.78 is 18.2. The molecule has 98 valence electrons. The molecule has 0 heterocycles. The zero-order chi connectivity index (χ0) is 13.8. The molecule has 1 atom stereocenters. The largest absolute Gasteiger partial charge is 0.496 e. The molecule has 0 radical (unpaired) electrons. The van der Waals surface area contributed by atoms with Crippen LogP contribution in [0.5, 0.6) is 5.75 Å². The van der Waals surface area contributed by atoms with Crippen molar-refractivity contribution in [1.82, 2.24) is 0 Å². The van der Waals surface area contributed by atoms with Crippen LogP contribution in [0.1, 0.15) is 22.0 Å². The topological polar surface area (TPSA) is 46.5 Å². The normalized spacial score (nSPS) is 11.9. The van der Waals surface area contributed by atoms with Gasteiger partial charge in [-0.05, 0) is 23.8 Å². The number of methoxy groups -OCH3 is 1. The molecule has 0 fully saturated rings. The van der Waals surface area contributed by atoms with Gasteiger partial charge in [0, 0.05) is 0 Å². The van der Waals surface area contributed by atoms with Crippen molar-refractivity contribution in [3.8, 4) is 5.75 Å². The minimum atomic E-state index is -1.34. The second kappa shape index (κ2) is 5.63. The van der Waals surface area contributed by atoms with E-state index in [1.807, 2.05) is 0 Å². The molecule has 0 spiro atoms. The van der Waals surface area contributed by atoms with E-state index in [9.17, 15) is 14.3 Å². The third kappa shape index (κ3) is 2.80. The number of carbonyl (C=O) groups is 1. The number of benzene rings is 2. The van der Waals surface area contributed by atoms with Gasteiger partial charge in [0.1, 0.15) is 17.7 Å². The van der Waals surface area contributed by atoms with Crippen molar-refractivity contribution < 1.29 is 19.0 Å². The molecule has 0 aromatic heterocycles. The van der Waals surface area contributed by atoms with Gasteiger partial charge < -0.3 is 9.84 Å². The zero-order valence-corrected chi connectivity index (χ0v) is 10.3. The van der Waals surface area contributed by atoms with Crippen molar-refractivity contribution in [3.63, 3.8) is 0 Å². The van der Waals surface area contributed by atoms with Gasteiger partial charge in [-0.15, -0.1) is 0 Å². The SMILES string of the molecule is COc1ccc(F)cc1C(=O)C(O)c1ccccc1. The van der Waals surface area contributed by atoms with E-state index in [-0.39, 0.29) is 11.3 Å². The summed E-state index contributed by atoms with van der Waals surface area (Å²) in [7, 11) is 1.39. The van der Waals surface area contributed by atoms with Gasteiger partial charge in [-0.3, -0.25) is 4.79 Å². The summed E-state index contributed by atoms with van der Waals surface area (Å²) in [4.78, 5) is 12.2. The quantitative estimate of drug-likeness (QED) is 0.860. The number of rotatable bonds is 4. The molecular formula is C15H13FO3. The molecule has 3 nitrogen and oxygen atoms in total. The van der Waals surface area contributed by atoms with Crippen molar-refractivity contribution in [2.45, 2.75) is 6.10 Å². The minimum absolute atomic E-state index is 0.0267. The molecule has 0 amide bonds. The van der Waals surface area contributed by atoms with Crippen LogP contribution < -0.4 is 4.74 Å². The van der Waals surface area contributed by atoms with Gasteiger partial charge in [0.05, 0.1) is 12.7 Å². The first-order chi connectivity index (χ1) is 9.13. The van der Waals surface area contributed by atoms with Crippen LogP contribution in [0.25, 0.3) is 0 Å². The van der Waals surface area contributed by atoms with E-state index in [1.54, 1.807) is 30.3 Å². The number of halogens is 1. The van der Waals surface area contributed by atoms with Crippen molar-refractivity contribution in [2.75, 3.05) is 7.11 Å². The lowest BCUT2D eigenvalue weighted by Crippen LogP contribution is -2.13. The Morgan fingerprint density at radius 3 is 2.53 bits per heavy atom. The molecule has 0 aliphatic rings. The van der Waals surface area contributed by atoms with Crippen molar-refractivity contribution >= 4 is 5.78 Å². The standard InChI is InChI=1S/C15H13FO3/c1-19-13-8-7-11(16)9-12(13)15(18)14(17)10-5-3-2-4-6-10/h2-9,14,17H,1H3. The molecule has 2 aromatic rings. The molecule has 19 heavy (non-hydrogen) atoms. The van der Waals surface area contributed by atoms with Crippen LogP contribution in [0, 0.1) is 5.82 Å². The highest BCUT2D eigenvalue weighted by Gasteiger charge is 2.22. The summed E-state index contributed by atoms with van der Waals surface area (Å²) in [6.45, 7) is 0. The molecule has 0 bridgehead atoms. The Bertz CT molecular complexity index is 581. The molecule has 0 saturated carbocycles. The van der Waals surface area contributed by atoms with Crippen molar-refractivity contribution in [1.29, 1.82) is 0 Å². The molecule has 2 rings (SSSR count). The van der Waals surface area contributed by atoms with Gasteiger partial charge in [0.15, 0.2) is 5.78 Å². The van der Waals surface area contributed by atoms with Crippen LogP contribution in [-0.2, 0) is 0 Å². The van der Waals surface area contributed by atoms with E-state index in [2.05, 4.69) is 0 Å². The fourth-order valence-electron chi connectivity index (χ4n) is 1.81. The van der Waals surface area contributed by atoms with Crippen molar-refractivity contribution in [3.05, 3.63) is 65.5 Å². The Hall–Kier alpha value is -2.20. The Kier molecular flexibility index (Phi) is 3.92. The second-order valence-corrected chi connectivity index (χ2v) is 4.02. The maximum absolute atomic E-state index is 13.2. The molecule has 2 aromatic carbocycles. The molecule has 0 aliphatic carbocycles. The number of ketones is 1. The van der Waals surface area contributed by atoms with Crippen LogP contribution in [0.4, 0.5) is 4.39 Å². The fraction of sp³-hybridized carbons (Fsp3) is 0.133.